The van der Waals surface area contributed by atoms with Gasteiger partial charge in [-0.05, 0) is 43.2 Å². The van der Waals surface area contributed by atoms with E-state index in [-0.39, 0.29) is 24.2 Å². The third kappa shape index (κ3) is 2.60. The van der Waals surface area contributed by atoms with Crippen LogP contribution >= 0.6 is 0 Å². The van der Waals surface area contributed by atoms with Crippen molar-refractivity contribution in [1.82, 2.24) is 20.5 Å². The average Bonchev–Trinajstić information content (AvgIpc) is 3.39. The molecule has 7 heteroatoms. The first-order valence-corrected chi connectivity index (χ1v) is 9.57. The topological polar surface area (TPSA) is 94.3 Å². The first kappa shape index (κ1) is 16.4. The number of hydrogen-bond donors (Lipinski definition) is 3. The fourth-order valence-corrected chi connectivity index (χ4v) is 4.62. The van der Waals surface area contributed by atoms with Crippen molar-refractivity contribution in [1.29, 1.82) is 0 Å². The number of amides is 4. The second-order valence-corrected chi connectivity index (χ2v) is 7.85. The molecule has 3 aliphatic rings. The summed E-state index contributed by atoms with van der Waals surface area (Å²) in [7, 11) is 0. The van der Waals surface area contributed by atoms with Gasteiger partial charge in [-0.15, -0.1) is 0 Å². The van der Waals surface area contributed by atoms with Crippen molar-refractivity contribution < 1.29 is 14.4 Å². The van der Waals surface area contributed by atoms with Crippen molar-refractivity contribution in [2.24, 2.45) is 5.92 Å². The first-order chi connectivity index (χ1) is 13.1. The summed E-state index contributed by atoms with van der Waals surface area (Å²) in [6.07, 6.45) is 3.30. The normalized spacial score (nSPS) is 24.7. The van der Waals surface area contributed by atoms with Crippen molar-refractivity contribution in [2.75, 3.05) is 6.54 Å². The lowest BCUT2D eigenvalue weighted by atomic mass is 9.87. The van der Waals surface area contributed by atoms with Crippen molar-refractivity contribution >= 4 is 28.7 Å². The molecule has 1 atom stereocenters. The van der Waals surface area contributed by atoms with Gasteiger partial charge in [-0.3, -0.25) is 14.9 Å². The van der Waals surface area contributed by atoms with E-state index in [1.165, 1.54) is 10.9 Å². The van der Waals surface area contributed by atoms with Crippen LogP contribution in [-0.2, 0) is 22.6 Å². The van der Waals surface area contributed by atoms with E-state index in [1.54, 1.807) is 0 Å². The predicted octanol–water partition coefficient (Wildman–Crippen LogP) is 1.82. The molecule has 27 heavy (non-hydrogen) atoms. The third-order valence-electron chi connectivity index (χ3n) is 6.21. The van der Waals surface area contributed by atoms with E-state index < -0.39 is 11.6 Å². The zero-order valence-corrected chi connectivity index (χ0v) is 15.0. The Morgan fingerprint density at radius 1 is 1.22 bits per heavy atom. The molecule has 4 amide bonds. The molecule has 2 aromatic rings. The Labute approximate surface area is 156 Å². The number of imide groups is 1. The summed E-state index contributed by atoms with van der Waals surface area (Å²) in [6.45, 7) is 1.25. The first-order valence-electron chi connectivity index (χ1n) is 9.57. The summed E-state index contributed by atoms with van der Waals surface area (Å²) >= 11 is 0. The van der Waals surface area contributed by atoms with Crippen molar-refractivity contribution in [2.45, 2.75) is 44.2 Å². The predicted molar refractivity (Wildman–Crippen MR) is 98.8 cm³/mol. The number of urea groups is 1. The van der Waals surface area contributed by atoms with Crippen molar-refractivity contribution in [3.05, 3.63) is 35.5 Å². The quantitative estimate of drug-likeness (QED) is 0.721. The monoisotopic (exact) mass is 366 g/mol. The lowest BCUT2D eigenvalue weighted by Gasteiger charge is -2.30. The maximum absolute atomic E-state index is 12.8. The molecular formula is C20H22N4O3. The van der Waals surface area contributed by atoms with Gasteiger partial charge in [-0.25, -0.2) is 4.79 Å². The standard InChI is InChI=1S/C20H22N4O3/c25-17(7-9-20(12-5-6-12)18(26)22-19(27)23-20)24-10-8-14-13-3-1-2-4-15(13)21-16(14)11-24/h1-4,12,21H,5-11H2,(H2,22,23,26,27). The van der Waals surface area contributed by atoms with Crippen LogP contribution < -0.4 is 10.6 Å². The highest BCUT2D eigenvalue weighted by Gasteiger charge is 2.55. The van der Waals surface area contributed by atoms with Gasteiger partial charge in [0.2, 0.25) is 5.91 Å². The smallest absolute Gasteiger partial charge is 0.322 e. The molecule has 2 fully saturated rings. The van der Waals surface area contributed by atoms with Crippen LogP contribution in [0.5, 0.6) is 0 Å². The molecule has 3 N–H and O–H groups in total. The number of carbonyl (C=O) groups is 3. The summed E-state index contributed by atoms with van der Waals surface area (Å²) in [4.78, 5) is 42.0. The highest BCUT2D eigenvalue weighted by molar-refractivity contribution is 6.07. The molecule has 1 unspecified atom stereocenters. The molecule has 0 spiro atoms. The van der Waals surface area contributed by atoms with Gasteiger partial charge >= 0.3 is 6.03 Å². The minimum atomic E-state index is -0.894. The zero-order valence-electron chi connectivity index (χ0n) is 15.0. The van der Waals surface area contributed by atoms with Crippen LogP contribution in [0.25, 0.3) is 10.9 Å². The number of hydrogen-bond acceptors (Lipinski definition) is 3. The van der Waals surface area contributed by atoms with Crippen LogP contribution in [0.4, 0.5) is 4.79 Å². The van der Waals surface area contributed by atoms with Gasteiger partial charge in [-0.1, -0.05) is 18.2 Å². The Bertz CT molecular complexity index is 961. The molecule has 1 saturated carbocycles. The fourth-order valence-electron chi connectivity index (χ4n) is 4.62. The molecule has 3 heterocycles. The van der Waals surface area contributed by atoms with E-state index in [0.29, 0.717) is 19.5 Å². The Balaban J connectivity index is 1.29. The van der Waals surface area contributed by atoms with Gasteiger partial charge < -0.3 is 15.2 Å². The maximum Gasteiger partial charge on any atom is 0.322 e. The van der Waals surface area contributed by atoms with Crippen LogP contribution in [-0.4, -0.2) is 39.8 Å². The van der Waals surface area contributed by atoms with Crippen LogP contribution in [0.2, 0.25) is 0 Å². The number of benzene rings is 1. The van der Waals surface area contributed by atoms with E-state index in [2.05, 4.69) is 27.8 Å². The SMILES string of the molecule is O=C1NC(=O)C(CCC(=O)N2CCc3c([nH]c4ccccc34)C2)(C2CC2)N1. The second kappa shape index (κ2) is 5.84. The van der Waals surface area contributed by atoms with Crippen molar-refractivity contribution in [3.63, 3.8) is 0 Å². The lowest BCUT2D eigenvalue weighted by Crippen LogP contribution is -2.50. The molecular weight excluding hydrogens is 344 g/mol. The van der Waals surface area contributed by atoms with Crippen LogP contribution in [0.1, 0.15) is 36.9 Å². The number of aromatic amines is 1. The molecule has 1 aromatic carbocycles. The molecule has 5 rings (SSSR count). The van der Waals surface area contributed by atoms with E-state index in [1.807, 2.05) is 17.0 Å². The van der Waals surface area contributed by atoms with Gasteiger partial charge in [0.25, 0.3) is 5.91 Å². The molecule has 1 aliphatic carbocycles. The summed E-state index contributed by atoms with van der Waals surface area (Å²) in [5.74, 6) is -0.0916. The number of fused-ring (bicyclic) bond motifs is 3. The van der Waals surface area contributed by atoms with E-state index in [9.17, 15) is 14.4 Å². The second-order valence-electron chi connectivity index (χ2n) is 7.85. The highest BCUT2D eigenvalue weighted by Crippen LogP contribution is 2.44. The van der Waals surface area contributed by atoms with E-state index >= 15 is 0 Å². The third-order valence-corrected chi connectivity index (χ3v) is 6.21. The molecule has 0 radical (unpaired) electrons. The lowest BCUT2D eigenvalue weighted by molar-refractivity contribution is -0.133. The largest absolute Gasteiger partial charge is 0.357 e. The number of nitrogens with one attached hydrogen (secondary N) is 3. The molecule has 1 saturated heterocycles. The summed E-state index contributed by atoms with van der Waals surface area (Å²) < 4.78 is 0. The number of H-pyrrole nitrogens is 1. The van der Waals surface area contributed by atoms with Gasteiger partial charge in [-0.2, -0.15) is 0 Å². The van der Waals surface area contributed by atoms with Crippen LogP contribution in [0.3, 0.4) is 0 Å². The number of aromatic nitrogens is 1. The molecule has 1 aromatic heterocycles. The molecule has 140 valence electrons. The molecule has 2 aliphatic heterocycles. The van der Waals surface area contributed by atoms with Gasteiger partial charge in [0.1, 0.15) is 5.54 Å². The highest BCUT2D eigenvalue weighted by atomic mass is 16.2. The van der Waals surface area contributed by atoms with Crippen LogP contribution in [0.15, 0.2) is 24.3 Å². The van der Waals surface area contributed by atoms with E-state index in [4.69, 9.17) is 0 Å². The average molecular weight is 366 g/mol. The van der Waals surface area contributed by atoms with Crippen LogP contribution in [0, 0.1) is 5.92 Å². The summed E-state index contributed by atoms with van der Waals surface area (Å²) in [5, 5.41) is 6.37. The van der Waals surface area contributed by atoms with Gasteiger partial charge in [0.15, 0.2) is 0 Å². The minimum absolute atomic E-state index is 0.0354. The Morgan fingerprint density at radius 2 is 2.04 bits per heavy atom. The van der Waals surface area contributed by atoms with Crippen molar-refractivity contribution in [3.8, 4) is 0 Å². The Hall–Kier alpha value is -2.83. The summed E-state index contributed by atoms with van der Waals surface area (Å²) in [5.41, 5.74) is 2.61. The number of carbonyl (C=O) groups excluding carboxylic acids is 3. The maximum atomic E-state index is 12.8. The number of para-hydroxylation sites is 1. The fraction of sp³-hybridized carbons (Fsp3) is 0.450. The van der Waals surface area contributed by atoms with Gasteiger partial charge in [0.05, 0.1) is 6.54 Å². The minimum Gasteiger partial charge on any atom is -0.357 e. The number of nitrogens with zero attached hydrogens (tertiary/aromatic N) is 1. The Morgan fingerprint density at radius 3 is 2.78 bits per heavy atom. The zero-order chi connectivity index (χ0) is 18.6. The Kier molecular flexibility index (Phi) is 3.54. The summed E-state index contributed by atoms with van der Waals surface area (Å²) in [6, 6.07) is 7.77. The van der Waals surface area contributed by atoms with Gasteiger partial charge in [0, 0.05) is 29.6 Å². The number of rotatable bonds is 4. The molecule has 0 bridgehead atoms. The van der Waals surface area contributed by atoms with E-state index in [0.717, 1.165) is 30.5 Å². The molecule has 7 nitrogen and oxygen atoms in total.